The normalized spacial score (nSPS) is 15.0. The highest BCUT2D eigenvalue weighted by Crippen LogP contribution is 2.29. The number of fused-ring (bicyclic) bond motifs is 1. The third-order valence-corrected chi connectivity index (χ3v) is 4.04. The first-order valence-corrected chi connectivity index (χ1v) is 8.01. The molecule has 0 saturated heterocycles. The van der Waals surface area contributed by atoms with Crippen molar-refractivity contribution in [2.45, 2.75) is 26.2 Å². The molecule has 0 spiro atoms. The molecule has 2 aromatic rings. The Morgan fingerprint density at radius 1 is 1.29 bits per heavy atom. The fourth-order valence-electron chi connectivity index (χ4n) is 2.78. The second-order valence-corrected chi connectivity index (χ2v) is 5.91. The monoisotopic (exact) mass is 343 g/mol. The zero-order chi connectivity index (χ0) is 17.1. The maximum absolute atomic E-state index is 11.2. The second kappa shape index (κ2) is 6.84. The lowest BCUT2D eigenvalue weighted by Crippen LogP contribution is -2.26. The van der Waals surface area contributed by atoms with Crippen LogP contribution in [0.4, 0.5) is 5.69 Å². The molecule has 0 unspecified atom stereocenters. The van der Waals surface area contributed by atoms with Gasteiger partial charge in [-0.3, -0.25) is 5.43 Å². The van der Waals surface area contributed by atoms with Gasteiger partial charge in [0.05, 0.1) is 5.71 Å². The smallest absolute Gasteiger partial charge is 0.372 e. The van der Waals surface area contributed by atoms with Crippen LogP contribution in [0.25, 0.3) is 0 Å². The fraction of sp³-hybridized carbons (Fsp3) is 0.235. The van der Waals surface area contributed by atoms with Gasteiger partial charge in [-0.05, 0) is 44.1 Å². The summed E-state index contributed by atoms with van der Waals surface area (Å²) >= 11 is 5.24. The van der Waals surface area contributed by atoms with E-state index in [0.29, 0.717) is 16.4 Å². The van der Waals surface area contributed by atoms with Crippen molar-refractivity contribution in [1.82, 2.24) is 5.43 Å². The van der Waals surface area contributed by atoms with E-state index in [4.69, 9.17) is 16.6 Å². The Labute approximate surface area is 144 Å². The summed E-state index contributed by atoms with van der Waals surface area (Å²) in [6.07, 6.45) is 2.32. The number of carbonyl (C=O) groups is 1. The van der Waals surface area contributed by atoms with Crippen molar-refractivity contribution >= 4 is 34.7 Å². The van der Waals surface area contributed by atoms with Crippen LogP contribution < -0.4 is 10.7 Å². The van der Waals surface area contributed by atoms with Gasteiger partial charge in [-0.2, -0.15) is 5.10 Å². The van der Waals surface area contributed by atoms with Crippen molar-refractivity contribution in [3.63, 3.8) is 0 Å². The van der Waals surface area contributed by atoms with E-state index in [1.54, 1.807) is 6.92 Å². The number of aromatic carboxylic acids is 1. The summed E-state index contributed by atoms with van der Waals surface area (Å²) in [6.45, 7) is 1.74. The van der Waals surface area contributed by atoms with Gasteiger partial charge in [0.1, 0.15) is 5.76 Å². The Morgan fingerprint density at radius 3 is 2.75 bits per heavy atom. The Morgan fingerprint density at radius 2 is 2.04 bits per heavy atom. The van der Waals surface area contributed by atoms with Crippen LogP contribution in [0.5, 0.6) is 0 Å². The van der Waals surface area contributed by atoms with E-state index in [-0.39, 0.29) is 5.76 Å². The number of aryl methyl sites for hydroxylation is 1. The van der Waals surface area contributed by atoms with Crippen molar-refractivity contribution in [2.24, 2.45) is 5.10 Å². The van der Waals surface area contributed by atoms with Crippen LogP contribution in [0.3, 0.4) is 0 Å². The van der Waals surface area contributed by atoms with Crippen LogP contribution >= 0.6 is 12.2 Å². The average molecular weight is 343 g/mol. The highest BCUT2D eigenvalue weighted by molar-refractivity contribution is 7.80. The molecule has 1 aliphatic carbocycles. The molecular weight excluding hydrogens is 326 g/mol. The third-order valence-electron chi connectivity index (χ3n) is 3.84. The Bertz CT molecular complexity index is 812. The molecule has 0 amide bonds. The number of carboxylic acids is 1. The van der Waals surface area contributed by atoms with E-state index in [2.05, 4.69) is 15.8 Å². The van der Waals surface area contributed by atoms with Gasteiger partial charge in [0.15, 0.2) is 5.11 Å². The minimum absolute atomic E-state index is 0.0143. The van der Waals surface area contributed by atoms with Gasteiger partial charge in [-0.1, -0.05) is 18.2 Å². The molecule has 0 saturated carbocycles. The number of anilines is 1. The summed E-state index contributed by atoms with van der Waals surface area (Å²) in [5.41, 5.74) is 5.86. The SMILES string of the molecule is Cc1c(C(=O)O)oc2c1/C(=N/NC(=S)Nc1ccccc1)CCC2. The van der Waals surface area contributed by atoms with Gasteiger partial charge in [-0.15, -0.1) is 0 Å². The third kappa shape index (κ3) is 3.30. The van der Waals surface area contributed by atoms with Gasteiger partial charge < -0.3 is 14.8 Å². The molecule has 1 heterocycles. The van der Waals surface area contributed by atoms with Gasteiger partial charge in [-0.25, -0.2) is 4.79 Å². The number of para-hydroxylation sites is 1. The van der Waals surface area contributed by atoms with E-state index in [0.717, 1.165) is 36.2 Å². The summed E-state index contributed by atoms with van der Waals surface area (Å²) < 4.78 is 5.47. The van der Waals surface area contributed by atoms with Crippen molar-refractivity contribution in [1.29, 1.82) is 0 Å². The first-order chi connectivity index (χ1) is 11.6. The molecule has 124 valence electrons. The summed E-state index contributed by atoms with van der Waals surface area (Å²) in [7, 11) is 0. The topological polar surface area (TPSA) is 86.9 Å². The summed E-state index contributed by atoms with van der Waals surface area (Å²) in [5.74, 6) is -0.395. The van der Waals surface area contributed by atoms with Crippen molar-refractivity contribution in [3.05, 3.63) is 53.0 Å². The number of furan rings is 1. The molecule has 0 atom stereocenters. The van der Waals surface area contributed by atoms with Gasteiger partial charge in [0.25, 0.3) is 0 Å². The van der Waals surface area contributed by atoms with Crippen LogP contribution in [-0.2, 0) is 6.42 Å². The van der Waals surface area contributed by atoms with Gasteiger partial charge >= 0.3 is 5.97 Å². The number of nitrogens with one attached hydrogen (secondary N) is 2. The van der Waals surface area contributed by atoms with Crippen molar-refractivity contribution in [2.75, 3.05) is 5.32 Å². The van der Waals surface area contributed by atoms with Crippen LogP contribution in [0.1, 0.15) is 40.3 Å². The predicted molar refractivity (Wildman–Crippen MR) is 95.7 cm³/mol. The van der Waals surface area contributed by atoms with Crippen molar-refractivity contribution in [3.8, 4) is 0 Å². The molecule has 0 radical (unpaired) electrons. The number of thiocarbonyl (C=S) groups is 1. The molecule has 0 fully saturated rings. The lowest BCUT2D eigenvalue weighted by atomic mass is 9.93. The number of hydrogen-bond donors (Lipinski definition) is 3. The van der Waals surface area contributed by atoms with Crippen LogP contribution in [0, 0.1) is 6.92 Å². The number of nitrogens with zero attached hydrogens (tertiary/aromatic N) is 1. The van der Waals surface area contributed by atoms with Crippen LogP contribution in [0.2, 0.25) is 0 Å². The summed E-state index contributed by atoms with van der Waals surface area (Å²) in [4.78, 5) is 11.2. The Kier molecular flexibility index (Phi) is 4.61. The molecule has 6 nitrogen and oxygen atoms in total. The number of rotatable bonds is 3. The minimum atomic E-state index is -1.06. The lowest BCUT2D eigenvalue weighted by Gasteiger charge is -2.14. The lowest BCUT2D eigenvalue weighted by molar-refractivity contribution is 0.0659. The highest BCUT2D eigenvalue weighted by atomic mass is 32.1. The van der Waals surface area contributed by atoms with Gasteiger partial charge in [0.2, 0.25) is 5.76 Å². The summed E-state index contributed by atoms with van der Waals surface area (Å²) in [5, 5.41) is 17.0. The zero-order valence-corrected chi connectivity index (χ0v) is 13.9. The molecule has 24 heavy (non-hydrogen) atoms. The number of benzene rings is 1. The molecule has 3 rings (SSSR count). The molecule has 1 aliphatic rings. The summed E-state index contributed by atoms with van der Waals surface area (Å²) in [6, 6.07) is 9.55. The first-order valence-electron chi connectivity index (χ1n) is 7.61. The maximum atomic E-state index is 11.2. The number of hydrazone groups is 1. The van der Waals surface area contributed by atoms with E-state index in [1.165, 1.54) is 0 Å². The minimum Gasteiger partial charge on any atom is -0.475 e. The highest BCUT2D eigenvalue weighted by Gasteiger charge is 2.27. The van der Waals surface area contributed by atoms with E-state index < -0.39 is 5.97 Å². The van der Waals surface area contributed by atoms with Crippen LogP contribution in [-0.4, -0.2) is 21.9 Å². The number of carboxylic acid groups (broad SMARTS) is 1. The van der Waals surface area contributed by atoms with E-state index in [9.17, 15) is 9.90 Å². The largest absolute Gasteiger partial charge is 0.475 e. The maximum Gasteiger partial charge on any atom is 0.372 e. The predicted octanol–water partition coefficient (Wildman–Crippen LogP) is 3.31. The standard InChI is InChI=1S/C17H17N3O3S/c1-10-14-12(8-5-9-13(14)23-15(10)16(21)22)19-20-17(24)18-11-6-3-2-4-7-11/h2-4,6-7H,5,8-9H2,1H3,(H,21,22)(H2,18,20,24)/b19-12+. The Balaban J connectivity index is 1.78. The van der Waals surface area contributed by atoms with Gasteiger partial charge in [0, 0.05) is 23.2 Å². The molecule has 7 heteroatoms. The van der Waals surface area contributed by atoms with E-state index >= 15 is 0 Å². The fourth-order valence-corrected chi connectivity index (χ4v) is 2.95. The Hall–Kier alpha value is -2.67. The molecule has 0 bridgehead atoms. The average Bonchev–Trinajstić information content (AvgIpc) is 2.92. The molecular formula is C17H17N3O3S. The molecule has 1 aromatic carbocycles. The zero-order valence-electron chi connectivity index (χ0n) is 13.1. The number of hydrogen-bond acceptors (Lipinski definition) is 4. The van der Waals surface area contributed by atoms with Crippen molar-refractivity contribution < 1.29 is 14.3 Å². The quantitative estimate of drug-likeness (QED) is 0.585. The second-order valence-electron chi connectivity index (χ2n) is 5.50. The molecule has 0 aliphatic heterocycles. The molecule has 3 N–H and O–H groups in total. The first kappa shape index (κ1) is 16.2. The van der Waals surface area contributed by atoms with E-state index in [1.807, 2.05) is 30.3 Å². The molecule has 1 aromatic heterocycles. The van der Waals surface area contributed by atoms with Crippen LogP contribution in [0.15, 0.2) is 39.9 Å².